The third-order valence-corrected chi connectivity index (χ3v) is 3.79. The van der Waals surface area contributed by atoms with E-state index in [1.54, 1.807) is 12.1 Å². The van der Waals surface area contributed by atoms with E-state index in [1.165, 1.54) is 6.26 Å². The van der Waals surface area contributed by atoms with Crippen LogP contribution in [-0.4, -0.2) is 23.5 Å². The van der Waals surface area contributed by atoms with E-state index in [-0.39, 0.29) is 6.61 Å². The number of carbonyl (C=O) groups is 2. The first-order valence-electron chi connectivity index (χ1n) is 7.96. The minimum Gasteiger partial charge on any atom is -0.467 e. The third kappa shape index (κ3) is 4.23. The van der Waals surface area contributed by atoms with Crippen LogP contribution < -0.4 is 10.6 Å². The topological polar surface area (TPSA) is 91.6 Å². The molecular formula is C18H22N2O4. The van der Waals surface area contributed by atoms with Gasteiger partial charge in [-0.1, -0.05) is 26.0 Å². The summed E-state index contributed by atoms with van der Waals surface area (Å²) in [5.41, 5.74) is 2.67. The van der Waals surface area contributed by atoms with E-state index in [2.05, 4.69) is 10.6 Å². The number of furan rings is 1. The van der Waals surface area contributed by atoms with Gasteiger partial charge in [0.1, 0.15) is 11.8 Å². The lowest BCUT2D eigenvalue weighted by molar-refractivity contribution is -0.136. The van der Waals surface area contributed by atoms with Crippen LogP contribution >= 0.6 is 0 Å². The van der Waals surface area contributed by atoms with Gasteiger partial charge < -0.3 is 20.2 Å². The van der Waals surface area contributed by atoms with Crippen LogP contribution in [0.1, 0.15) is 36.8 Å². The Kier molecular flexibility index (Phi) is 6.14. The van der Waals surface area contributed by atoms with Crippen LogP contribution in [0.2, 0.25) is 0 Å². The third-order valence-electron chi connectivity index (χ3n) is 3.79. The van der Waals surface area contributed by atoms with Crippen LogP contribution in [0.15, 0.2) is 41.0 Å². The normalized spacial score (nSPS) is 11.8. The van der Waals surface area contributed by atoms with Gasteiger partial charge in [-0.2, -0.15) is 0 Å². The summed E-state index contributed by atoms with van der Waals surface area (Å²) >= 11 is 0. The number of hydrogen-bond acceptors (Lipinski definition) is 4. The maximum Gasteiger partial charge on any atom is 0.313 e. The molecular weight excluding hydrogens is 308 g/mol. The summed E-state index contributed by atoms with van der Waals surface area (Å²) < 4.78 is 5.15. The van der Waals surface area contributed by atoms with E-state index >= 15 is 0 Å². The number of nitrogens with one attached hydrogen (secondary N) is 2. The Hall–Kier alpha value is -2.60. The van der Waals surface area contributed by atoms with Crippen molar-refractivity contribution in [2.24, 2.45) is 0 Å². The van der Waals surface area contributed by atoms with Gasteiger partial charge in [0.15, 0.2) is 0 Å². The van der Waals surface area contributed by atoms with Gasteiger partial charge in [0.05, 0.1) is 12.9 Å². The maximum atomic E-state index is 12.2. The molecule has 0 saturated heterocycles. The quantitative estimate of drug-likeness (QED) is 0.708. The Labute approximate surface area is 140 Å². The summed E-state index contributed by atoms with van der Waals surface area (Å²) in [6, 6.07) is 8.34. The fourth-order valence-electron chi connectivity index (χ4n) is 2.37. The summed E-state index contributed by atoms with van der Waals surface area (Å²) in [5, 5.41) is 14.5. The Bertz CT molecular complexity index is 695. The molecule has 0 aliphatic heterocycles. The van der Waals surface area contributed by atoms with Crippen LogP contribution in [0, 0.1) is 0 Å². The summed E-state index contributed by atoms with van der Waals surface area (Å²) in [4.78, 5) is 24.3. The number of amides is 2. The van der Waals surface area contributed by atoms with Gasteiger partial charge in [-0.05, 0) is 42.2 Å². The van der Waals surface area contributed by atoms with Gasteiger partial charge in [0.2, 0.25) is 0 Å². The zero-order valence-corrected chi connectivity index (χ0v) is 13.8. The Morgan fingerprint density at radius 3 is 2.54 bits per heavy atom. The van der Waals surface area contributed by atoms with Gasteiger partial charge >= 0.3 is 11.8 Å². The molecule has 24 heavy (non-hydrogen) atoms. The van der Waals surface area contributed by atoms with E-state index in [4.69, 9.17) is 4.42 Å². The van der Waals surface area contributed by atoms with Crippen LogP contribution in [0.25, 0.3) is 0 Å². The maximum absolute atomic E-state index is 12.2. The van der Waals surface area contributed by atoms with Gasteiger partial charge in [-0.3, -0.25) is 9.59 Å². The van der Waals surface area contributed by atoms with Crippen LogP contribution in [0.5, 0.6) is 0 Å². The van der Waals surface area contributed by atoms with E-state index in [1.807, 2.05) is 32.0 Å². The van der Waals surface area contributed by atoms with Crippen LogP contribution in [0.3, 0.4) is 0 Å². The second kappa shape index (κ2) is 8.31. The number of rotatable bonds is 6. The molecule has 3 N–H and O–H groups in total. The summed E-state index contributed by atoms with van der Waals surface area (Å²) in [6.07, 6.45) is 3.02. The van der Waals surface area contributed by atoms with E-state index in [0.717, 1.165) is 24.0 Å². The lowest BCUT2D eigenvalue weighted by Crippen LogP contribution is -2.39. The molecule has 0 bridgehead atoms. The van der Waals surface area contributed by atoms with E-state index < -0.39 is 17.9 Å². The molecule has 0 spiro atoms. The highest BCUT2D eigenvalue weighted by atomic mass is 16.3. The average Bonchev–Trinajstić information content (AvgIpc) is 3.13. The summed E-state index contributed by atoms with van der Waals surface area (Å²) in [6.45, 7) is 3.64. The smallest absolute Gasteiger partial charge is 0.313 e. The summed E-state index contributed by atoms with van der Waals surface area (Å²) in [5.74, 6) is -1.21. The molecule has 1 unspecified atom stereocenters. The van der Waals surface area contributed by atoms with Crippen molar-refractivity contribution >= 4 is 17.5 Å². The first kappa shape index (κ1) is 17.7. The second-order valence-corrected chi connectivity index (χ2v) is 5.38. The van der Waals surface area contributed by atoms with Gasteiger partial charge in [0.25, 0.3) is 0 Å². The number of aliphatic hydroxyl groups excluding tert-OH is 1. The second-order valence-electron chi connectivity index (χ2n) is 5.38. The van der Waals surface area contributed by atoms with Crippen molar-refractivity contribution < 1.29 is 19.1 Å². The van der Waals surface area contributed by atoms with Crippen molar-refractivity contribution in [2.75, 3.05) is 11.9 Å². The Morgan fingerprint density at radius 2 is 1.96 bits per heavy atom. The highest BCUT2D eigenvalue weighted by Gasteiger charge is 2.21. The zero-order chi connectivity index (χ0) is 17.5. The number of hydrogen-bond donors (Lipinski definition) is 3. The van der Waals surface area contributed by atoms with Crippen molar-refractivity contribution in [1.82, 2.24) is 5.32 Å². The fraction of sp³-hybridized carbons (Fsp3) is 0.333. The molecule has 0 radical (unpaired) electrons. The van der Waals surface area contributed by atoms with E-state index in [0.29, 0.717) is 11.4 Å². The van der Waals surface area contributed by atoms with Crippen molar-refractivity contribution in [1.29, 1.82) is 0 Å². The predicted octanol–water partition coefficient (Wildman–Crippen LogP) is 2.19. The molecule has 1 aromatic carbocycles. The van der Waals surface area contributed by atoms with Crippen molar-refractivity contribution in [3.8, 4) is 0 Å². The van der Waals surface area contributed by atoms with Crippen LogP contribution in [-0.2, 0) is 22.4 Å². The highest BCUT2D eigenvalue weighted by molar-refractivity contribution is 6.39. The minimum atomic E-state index is -0.825. The number of aryl methyl sites for hydroxylation is 2. The first-order valence-corrected chi connectivity index (χ1v) is 7.96. The Morgan fingerprint density at radius 1 is 1.17 bits per heavy atom. The largest absolute Gasteiger partial charge is 0.467 e. The molecule has 2 aromatic rings. The zero-order valence-electron chi connectivity index (χ0n) is 13.8. The monoisotopic (exact) mass is 330 g/mol. The number of carbonyl (C=O) groups excluding carboxylic acids is 2. The summed E-state index contributed by atoms with van der Waals surface area (Å²) in [7, 11) is 0. The molecule has 2 amide bonds. The lowest BCUT2D eigenvalue weighted by atomic mass is 10.1. The molecule has 1 heterocycles. The van der Waals surface area contributed by atoms with Gasteiger partial charge in [-0.25, -0.2) is 0 Å². The average molecular weight is 330 g/mol. The molecule has 128 valence electrons. The van der Waals surface area contributed by atoms with Crippen molar-refractivity contribution in [3.05, 3.63) is 53.5 Å². The highest BCUT2D eigenvalue weighted by Crippen LogP contribution is 2.19. The van der Waals surface area contributed by atoms with Crippen LogP contribution in [0.4, 0.5) is 5.69 Å². The lowest BCUT2D eigenvalue weighted by Gasteiger charge is -2.15. The van der Waals surface area contributed by atoms with Gasteiger partial charge in [-0.15, -0.1) is 0 Å². The predicted molar refractivity (Wildman–Crippen MR) is 90.5 cm³/mol. The SMILES string of the molecule is CCc1ccc(CC)c(NC(=O)C(=O)NC(CO)c2ccco2)c1. The molecule has 1 aromatic heterocycles. The molecule has 6 heteroatoms. The molecule has 0 saturated carbocycles. The Balaban J connectivity index is 2.07. The fourth-order valence-corrected chi connectivity index (χ4v) is 2.37. The number of anilines is 1. The first-order chi connectivity index (χ1) is 11.6. The minimum absolute atomic E-state index is 0.363. The molecule has 0 fully saturated rings. The molecule has 0 aliphatic rings. The van der Waals surface area contributed by atoms with Crippen molar-refractivity contribution in [3.63, 3.8) is 0 Å². The molecule has 1 atom stereocenters. The van der Waals surface area contributed by atoms with E-state index in [9.17, 15) is 14.7 Å². The van der Waals surface area contributed by atoms with Gasteiger partial charge in [0, 0.05) is 5.69 Å². The molecule has 2 rings (SSSR count). The standard InChI is InChI=1S/C18H22N2O4/c1-3-12-7-8-13(4-2)14(10-12)19-17(22)18(23)20-15(11-21)16-6-5-9-24-16/h5-10,15,21H,3-4,11H2,1-2H3,(H,19,22)(H,20,23). The number of benzene rings is 1. The molecule has 0 aliphatic carbocycles. The number of aliphatic hydroxyl groups is 1. The molecule has 6 nitrogen and oxygen atoms in total. The van der Waals surface area contributed by atoms with Crippen molar-refractivity contribution in [2.45, 2.75) is 32.7 Å².